The Labute approximate surface area is 111 Å². The molecular weight excluding hydrogens is 247 g/mol. The van der Waals surface area contributed by atoms with Gasteiger partial charge in [0, 0.05) is 24.7 Å². The topological polar surface area (TPSA) is 52.0 Å². The SMILES string of the molecule is COc1ccc(C(C)NCc2nncn2C)c(F)c1. The van der Waals surface area contributed by atoms with Gasteiger partial charge < -0.3 is 14.6 Å². The average Bonchev–Trinajstić information content (AvgIpc) is 2.81. The van der Waals surface area contributed by atoms with Crippen LogP contribution in [0.2, 0.25) is 0 Å². The second-order valence-corrected chi connectivity index (χ2v) is 4.35. The van der Waals surface area contributed by atoms with Crippen molar-refractivity contribution in [3.8, 4) is 5.75 Å². The molecule has 1 aromatic heterocycles. The molecule has 0 aliphatic carbocycles. The number of benzene rings is 1. The van der Waals surface area contributed by atoms with E-state index in [2.05, 4.69) is 15.5 Å². The third-order valence-electron chi connectivity index (χ3n) is 3.05. The molecule has 5 nitrogen and oxygen atoms in total. The van der Waals surface area contributed by atoms with Crippen LogP contribution < -0.4 is 10.1 Å². The first kappa shape index (κ1) is 13.5. The molecule has 102 valence electrons. The normalized spacial score (nSPS) is 12.4. The van der Waals surface area contributed by atoms with Crippen molar-refractivity contribution in [2.24, 2.45) is 7.05 Å². The number of nitrogens with one attached hydrogen (secondary N) is 1. The van der Waals surface area contributed by atoms with Gasteiger partial charge in [-0.2, -0.15) is 0 Å². The highest BCUT2D eigenvalue weighted by Crippen LogP contribution is 2.21. The number of aryl methyl sites for hydroxylation is 1. The van der Waals surface area contributed by atoms with Crippen molar-refractivity contribution in [3.05, 3.63) is 41.7 Å². The number of nitrogens with zero attached hydrogens (tertiary/aromatic N) is 3. The van der Waals surface area contributed by atoms with Crippen molar-refractivity contribution in [1.29, 1.82) is 0 Å². The van der Waals surface area contributed by atoms with Crippen molar-refractivity contribution in [3.63, 3.8) is 0 Å². The molecule has 1 unspecified atom stereocenters. The minimum atomic E-state index is -0.280. The van der Waals surface area contributed by atoms with E-state index in [1.807, 2.05) is 18.5 Å². The standard InChI is InChI=1S/C13H17FN4O/c1-9(15-7-13-17-16-8-18(13)2)11-5-4-10(19-3)6-12(11)14/h4-6,8-9,15H,7H2,1-3H3. The highest BCUT2D eigenvalue weighted by atomic mass is 19.1. The van der Waals surface area contributed by atoms with Crippen molar-refractivity contribution < 1.29 is 9.13 Å². The van der Waals surface area contributed by atoms with Crippen molar-refractivity contribution in [2.75, 3.05) is 7.11 Å². The molecule has 0 aliphatic heterocycles. The summed E-state index contributed by atoms with van der Waals surface area (Å²) >= 11 is 0. The first-order chi connectivity index (χ1) is 9.11. The van der Waals surface area contributed by atoms with E-state index in [4.69, 9.17) is 4.74 Å². The summed E-state index contributed by atoms with van der Waals surface area (Å²) in [5, 5.41) is 11.0. The van der Waals surface area contributed by atoms with Gasteiger partial charge in [-0.3, -0.25) is 0 Å². The number of rotatable bonds is 5. The molecule has 1 aromatic carbocycles. The van der Waals surface area contributed by atoms with E-state index in [1.165, 1.54) is 13.2 Å². The summed E-state index contributed by atoms with van der Waals surface area (Å²) in [5.74, 6) is 1.04. The smallest absolute Gasteiger partial charge is 0.146 e. The zero-order chi connectivity index (χ0) is 13.8. The Balaban J connectivity index is 2.03. The first-order valence-electron chi connectivity index (χ1n) is 6.01. The molecule has 0 saturated heterocycles. The second-order valence-electron chi connectivity index (χ2n) is 4.35. The molecule has 0 aliphatic rings. The Kier molecular flexibility index (Phi) is 4.11. The van der Waals surface area contributed by atoms with E-state index in [0.717, 1.165) is 5.82 Å². The van der Waals surface area contributed by atoms with Crippen LogP contribution in [-0.2, 0) is 13.6 Å². The van der Waals surface area contributed by atoms with Crippen molar-refractivity contribution >= 4 is 0 Å². The predicted octanol–water partition coefficient (Wildman–Crippen LogP) is 1.81. The van der Waals surface area contributed by atoms with E-state index < -0.39 is 0 Å². The van der Waals surface area contributed by atoms with Gasteiger partial charge in [0.1, 0.15) is 23.7 Å². The minimum Gasteiger partial charge on any atom is -0.497 e. The van der Waals surface area contributed by atoms with E-state index in [0.29, 0.717) is 17.9 Å². The lowest BCUT2D eigenvalue weighted by Crippen LogP contribution is -2.21. The fourth-order valence-corrected chi connectivity index (χ4v) is 1.81. The maximum atomic E-state index is 13.9. The van der Waals surface area contributed by atoms with E-state index in [9.17, 15) is 4.39 Å². The number of halogens is 1. The van der Waals surface area contributed by atoms with Gasteiger partial charge in [0.2, 0.25) is 0 Å². The second kappa shape index (κ2) is 5.79. The lowest BCUT2D eigenvalue weighted by Gasteiger charge is -2.15. The van der Waals surface area contributed by atoms with Crippen LogP contribution >= 0.6 is 0 Å². The van der Waals surface area contributed by atoms with Gasteiger partial charge in [0.05, 0.1) is 13.7 Å². The largest absolute Gasteiger partial charge is 0.497 e. The van der Waals surface area contributed by atoms with Crippen LogP contribution in [0.15, 0.2) is 24.5 Å². The monoisotopic (exact) mass is 264 g/mol. The molecule has 1 heterocycles. The fourth-order valence-electron chi connectivity index (χ4n) is 1.81. The third kappa shape index (κ3) is 3.08. The minimum absolute atomic E-state index is 0.123. The van der Waals surface area contributed by atoms with Gasteiger partial charge >= 0.3 is 0 Å². The summed E-state index contributed by atoms with van der Waals surface area (Å²) in [5.41, 5.74) is 0.600. The molecule has 2 aromatic rings. The van der Waals surface area contributed by atoms with Crippen LogP contribution in [0, 0.1) is 5.82 Å². The summed E-state index contributed by atoms with van der Waals surface area (Å²) < 4.78 is 20.7. The molecule has 1 atom stereocenters. The highest BCUT2D eigenvalue weighted by molar-refractivity contribution is 5.30. The molecule has 1 N–H and O–H groups in total. The third-order valence-corrected chi connectivity index (χ3v) is 3.05. The van der Waals surface area contributed by atoms with Crippen LogP contribution in [0.25, 0.3) is 0 Å². The van der Waals surface area contributed by atoms with Crippen LogP contribution in [0.1, 0.15) is 24.4 Å². The Morgan fingerprint density at radius 1 is 1.47 bits per heavy atom. The van der Waals surface area contributed by atoms with Crippen LogP contribution in [0.3, 0.4) is 0 Å². The molecule has 6 heteroatoms. The summed E-state index contributed by atoms with van der Waals surface area (Å²) in [6.45, 7) is 2.43. The van der Waals surface area contributed by atoms with Gasteiger partial charge in [0.15, 0.2) is 0 Å². The Morgan fingerprint density at radius 2 is 2.26 bits per heavy atom. The molecule has 0 saturated carbocycles. The fraction of sp³-hybridized carbons (Fsp3) is 0.385. The molecule has 0 spiro atoms. The molecule has 0 radical (unpaired) electrons. The summed E-state index contributed by atoms with van der Waals surface area (Å²) in [7, 11) is 3.39. The number of aromatic nitrogens is 3. The molecule has 19 heavy (non-hydrogen) atoms. The van der Waals surface area contributed by atoms with Gasteiger partial charge in [0.25, 0.3) is 0 Å². The zero-order valence-corrected chi connectivity index (χ0v) is 11.2. The van der Waals surface area contributed by atoms with Crippen LogP contribution in [-0.4, -0.2) is 21.9 Å². The number of hydrogen-bond acceptors (Lipinski definition) is 4. The lowest BCUT2D eigenvalue weighted by atomic mass is 10.1. The first-order valence-corrected chi connectivity index (χ1v) is 6.01. The number of hydrogen-bond donors (Lipinski definition) is 1. The molecule has 0 amide bonds. The summed E-state index contributed by atoms with van der Waals surface area (Å²) in [4.78, 5) is 0. The average molecular weight is 264 g/mol. The quantitative estimate of drug-likeness (QED) is 0.895. The Hall–Kier alpha value is -1.95. The Bertz CT molecular complexity index is 555. The van der Waals surface area contributed by atoms with E-state index >= 15 is 0 Å². The van der Waals surface area contributed by atoms with Crippen molar-refractivity contribution in [1.82, 2.24) is 20.1 Å². The lowest BCUT2D eigenvalue weighted by molar-refractivity contribution is 0.409. The van der Waals surface area contributed by atoms with E-state index in [-0.39, 0.29) is 11.9 Å². The highest BCUT2D eigenvalue weighted by Gasteiger charge is 2.12. The summed E-state index contributed by atoms with van der Waals surface area (Å²) in [6.07, 6.45) is 1.63. The molecule has 0 bridgehead atoms. The van der Waals surface area contributed by atoms with Gasteiger partial charge in [-0.15, -0.1) is 10.2 Å². The van der Waals surface area contributed by atoms with Gasteiger partial charge in [-0.05, 0) is 13.0 Å². The number of methoxy groups -OCH3 is 1. The van der Waals surface area contributed by atoms with E-state index in [1.54, 1.807) is 18.5 Å². The summed E-state index contributed by atoms with van der Waals surface area (Å²) in [6, 6.07) is 4.74. The molecule has 0 fully saturated rings. The van der Waals surface area contributed by atoms with Gasteiger partial charge in [-0.1, -0.05) is 6.07 Å². The molecule has 2 rings (SSSR count). The maximum absolute atomic E-state index is 13.9. The predicted molar refractivity (Wildman–Crippen MR) is 69.2 cm³/mol. The zero-order valence-electron chi connectivity index (χ0n) is 11.2. The number of ether oxygens (including phenoxy) is 1. The molecular formula is C13H17FN4O. The maximum Gasteiger partial charge on any atom is 0.146 e. The van der Waals surface area contributed by atoms with Crippen LogP contribution in [0.5, 0.6) is 5.75 Å². The Morgan fingerprint density at radius 3 is 2.84 bits per heavy atom. The van der Waals surface area contributed by atoms with Crippen molar-refractivity contribution in [2.45, 2.75) is 19.5 Å². The van der Waals surface area contributed by atoms with Gasteiger partial charge in [-0.25, -0.2) is 4.39 Å². The van der Waals surface area contributed by atoms with Crippen LogP contribution in [0.4, 0.5) is 4.39 Å².